The normalized spacial score (nSPS) is 11.6. The van der Waals surface area contributed by atoms with Gasteiger partial charge in [-0.1, -0.05) is 0 Å². The molecule has 0 heterocycles. The van der Waals surface area contributed by atoms with E-state index in [1.165, 1.54) is 14.2 Å². The van der Waals surface area contributed by atoms with Crippen LogP contribution in [-0.2, 0) is 19.2 Å². The van der Waals surface area contributed by atoms with Gasteiger partial charge in [0.2, 0.25) is 0 Å². The van der Waals surface area contributed by atoms with Crippen LogP contribution in [0.4, 0.5) is 0 Å². The molecule has 7 heteroatoms. The molecule has 0 bridgehead atoms. The summed E-state index contributed by atoms with van der Waals surface area (Å²) in [7, 11) is 2.79. The van der Waals surface area contributed by atoms with E-state index in [1.807, 2.05) is 0 Å². The van der Waals surface area contributed by atoms with Gasteiger partial charge in [0.25, 0.3) is 0 Å². The van der Waals surface area contributed by atoms with Crippen molar-refractivity contribution in [3.8, 4) is 0 Å². The predicted octanol–water partition coefficient (Wildman–Crippen LogP) is 2.85. The molecule has 0 saturated heterocycles. The van der Waals surface area contributed by atoms with Crippen molar-refractivity contribution < 1.29 is 19.2 Å². The van der Waals surface area contributed by atoms with E-state index in [0.717, 1.165) is 0 Å². The summed E-state index contributed by atoms with van der Waals surface area (Å²) in [5, 5.41) is 0. The van der Waals surface area contributed by atoms with Crippen LogP contribution in [-0.4, -0.2) is 26.3 Å². The summed E-state index contributed by atoms with van der Waals surface area (Å²) in [4.78, 5) is 10.1. The molecule has 0 radical (unpaired) electrons. The van der Waals surface area contributed by atoms with E-state index in [-0.39, 0.29) is 10.9 Å². The Kier molecular flexibility index (Phi) is 15.6. The number of carbonyl (C=O) groups is 1. The second-order valence-electron chi connectivity index (χ2n) is 1.59. The molecule has 0 aromatic heterocycles. The monoisotopic (exact) mass is 550 g/mol. The van der Waals surface area contributed by atoms with Crippen molar-refractivity contribution >= 4 is 65.9 Å². The van der Waals surface area contributed by atoms with Gasteiger partial charge in [-0.15, -0.1) is 0 Å². The summed E-state index contributed by atoms with van der Waals surface area (Å²) in [5.41, 5.74) is 0. The number of methoxy groups -OCH3 is 2. The van der Waals surface area contributed by atoms with Gasteiger partial charge in [0, 0.05) is 7.11 Å². The van der Waals surface area contributed by atoms with Gasteiger partial charge in [0.15, 0.2) is 6.10 Å². The maximum absolute atomic E-state index is 10.4. The number of esters is 1. The first kappa shape index (κ1) is 16.6. The zero-order chi connectivity index (χ0) is 10.1. The summed E-state index contributed by atoms with van der Waals surface area (Å²) >= 11 is 7.39. The van der Waals surface area contributed by atoms with Crippen LogP contribution in [0, 0.1) is 0 Å². The maximum atomic E-state index is 10.4. The Morgan fingerprint density at radius 2 is 1.67 bits per heavy atom. The minimum atomic E-state index is -0.444. The molecular weight excluding hydrogens is 540 g/mol. The van der Waals surface area contributed by atoms with Gasteiger partial charge in [0.05, 0.1) is 7.11 Å². The third-order valence-corrected chi connectivity index (χ3v) is 0.887. The molecule has 1 atom stereocenters. The van der Waals surface area contributed by atoms with Crippen molar-refractivity contribution in [3.63, 3.8) is 0 Å². The molecule has 0 rings (SSSR count). The summed E-state index contributed by atoms with van der Waals surface area (Å²) < 4.78 is 8.97. The molecule has 0 aromatic carbocycles. The van der Waals surface area contributed by atoms with Gasteiger partial charge >= 0.3 is 70.8 Å². The molecule has 0 spiro atoms. The molecule has 0 aliphatic rings. The van der Waals surface area contributed by atoms with Gasteiger partial charge < -0.3 is 9.47 Å². The third-order valence-electron chi connectivity index (χ3n) is 0.887. The molecule has 12 heavy (non-hydrogen) atoms. The second kappa shape index (κ2) is 11.3. The SMILES string of the molecule is COC(=O)C(C)OC.[I][V]([I])[I]. The minimum absolute atomic E-state index is 0.278. The first-order chi connectivity index (χ1) is 5.45. The second-order valence-corrected chi connectivity index (χ2v) is 37.0. The Morgan fingerprint density at radius 1 is 1.33 bits per heavy atom. The summed E-state index contributed by atoms with van der Waals surface area (Å²) in [6.07, 6.45) is -0.444. The van der Waals surface area contributed by atoms with Gasteiger partial charge in [-0.05, 0) is 6.92 Å². The first-order valence-electron chi connectivity index (χ1n) is 2.83. The van der Waals surface area contributed by atoms with Crippen LogP contribution in [0.2, 0.25) is 0 Å². The zero-order valence-corrected chi connectivity index (χ0v) is 14.8. The molecule has 3 nitrogen and oxygen atoms in total. The van der Waals surface area contributed by atoms with Crippen LogP contribution >= 0.6 is 59.9 Å². The van der Waals surface area contributed by atoms with Crippen molar-refractivity contribution in [1.29, 1.82) is 0 Å². The molecule has 0 aromatic rings. The molecule has 0 amide bonds. The van der Waals surface area contributed by atoms with Crippen LogP contribution in [0.1, 0.15) is 6.92 Å². The molecule has 0 aliphatic carbocycles. The number of carbonyl (C=O) groups excluding carboxylic acids is 1. The van der Waals surface area contributed by atoms with Crippen LogP contribution in [0.5, 0.6) is 0 Å². The van der Waals surface area contributed by atoms with E-state index in [1.54, 1.807) is 6.92 Å². The van der Waals surface area contributed by atoms with Gasteiger partial charge in [-0.3, -0.25) is 0 Å². The Morgan fingerprint density at radius 3 is 1.75 bits per heavy atom. The van der Waals surface area contributed by atoms with Crippen LogP contribution in [0.3, 0.4) is 0 Å². The summed E-state index contributed by atoms with van der Waals surface area (Å²) in [5.74, 6) is -0.340. The van der Waals surface area contributed by atoms with E-state index in [9.17, 15) is 4.79 Å². The fourth-order valence-electron chi connectivity index (χ4n) is 0.262. The standard InChI is InChI=1S/C5H10O3.3HI.V/c1-4(7-2)5(6)8-3;;;;/h4H,1-3H3;3*1H;/q;;;;+3/p-3. The predicted molar refractivity (Wildman–Crippen MR) is 70.5 cm³/mol. The van der Waals surface area contributed by atoms with E-state index in [2.05, 4.69) is 69.4 Å². The van der Waals surface area contributed by atoms with E-state index in [0.29, 0.717) is 0 Å². The van der Waals surface area contributed by atoms with Crippen molar-refractivity contribution in [3.05, 3.63) is 0 Å². The molecule has 0 N–H and O–H groups in total. The first-order valence-corrected chi connectivity index (χ1v) is 16.4. The average molecular weight is 550 g/mol. The van der Waals surface area contributed by atoms with E-state index >= 15 is 0 Å². The molecule has 1 unspecified atom stereocenters. The Balaban J connectivity index is 0. The topological polar surface area (TPSA) is 35.5 Å². The number of halogens is 3. The molecule has 0 fully saturated rings. The average Bonchev–Trinajstić information content (AvgIpc) is 2.00. The Hall–Kier alpha value is 2.20. The number of ether oxygens (including phenoxy) is 2. The molecule has 74 valence electrons. The van der Waals surface area contributed by atoms with Gasteiger partial charge in [-0.25, -0.2) is 4.79 Å². The number of hydrogen-bond acceptors (Lipinski definition) is 3. The van der Waals surface area contributed by atoms with Crippen molar-refractivity contribution in [2.45, 2.75) is 13.0 Å². The quantitative estimate of drug-likeness (QED) is 0.393. The fourth-order valence-corrected chi connectivity index (χ4v) is 0.262. The van der Waals surface area contributed by atoms with Crippen molar-refractivity contribution in [1.82, 2.24) is 0 Å². The third kappa shape index (κ3) is 14.7. The molecular formula is C5H10I3O3V. The van der Waals surface area contributed by atoms with Crippen molar-refractivity contribution in [2.75, 3.05) is 14.2 Å². The fraction of sp³-hybridized carbons (Fsp3) is 0.800. The molecule has 0 aliphatic heterocycles. The van der Waals surface area contributed by atoms with Crippen LogP contribution in [0.15, 0.2) is 0 Å². The van der Waals surface area contributed by atoms with Crippen molar-refractivity contribution in [2.24, 2.45) is 0 Å². The Labute approximate surface area is 110 Å². The zero-order valence-electron chi connectivity index (χ0n) is 6.88. The van der Waals surface area contributed by atoms with Crippen LogP contribution in [0.25, 0.3) is 0 Å². The van der Waals surface area contributed by atoms with E-state index < -0.39 is 6.10 Å². The summed E-state index contributed by atoms with van der Waals surface area (Å²) in [6.45, 7) is 1.63. The number of rotatable bonds is 2. The molecule has 0 saturated carbocycles. The summed E-state index contributed by atoms with van der Waals surface area (Å²) in [6, 6.07) is 0. The van der Waals surface area contributed by atoms with Gasteiger partial charge in [0.1, 0.15) is 0 Å². The Bertz CT molecular complexity index is 120. The van der Waals surface area contributed by atoms with Crippen LogP contribution < -0.4 is 0 Å². The van der Waals surface area contributed by atoms with E-state index in [4.69, 9.17) is 0 Å². The number of hydrogen-bond donors (Lipinski definition) is 0. The van der Waals surface area contributed by atoms with Gasteiger partial charge in [-0.2, -0.15) is 0 Å².